The van der Waals surface area contributed by atoms with Gasteiger partial charge in [-0.05, 0) is 23.1 Å². The molecule has 0 atom stereocenters. The number of carbonyl (C=O) groups is 1. The summed E-state index contributed by atoms with van der Waals surface area (Å²) in [7, 11) is 1.88. The molecule has 0 unspecified atom stereocenters. The molecule has 0 aromatic heterocycles. The molecule has 2 heteroatoms. The molecule has 1 aromatic carbocycles. The van der Waals surface area contributed by atoms with Crippen LogP contribution < -0.4 is 0 Å². The second-order valence-corrected chi connectivity index (χ2v) is 6.00. The first kappa shape index (κ1) is 12.2. The number of hydrogen-bond donors (Lipinski definition) is 0. The standard InChI is InChI=1S/C15H21NO/c1-10(2)11-6-7-12-13(8-11)15(3,4)9-16(5)14(12)17/h6-8,10H,9H2,1-5H3. The molecule has 1 amide bonds. The van der Waals surface area contributed by atoms with Gasteiger partial charge in [-0.15, -0.1) is 0 Å². The lowest BCUT2D eigenvalue weighted by molar-refractivity contribution is 0.0737. The molecule has 1 aromatic rings. The normalized spacial score (nSPS) is 18.5. The minimum Gasteiger partial charge on any atom is -0.341 e. The third-order valence-corrected chi connectivity index (χ3v) is 3.65. The molecule has 1 aliphatic rings. The quantitative estimate of drug-likeness (QED) is 0.727. The maximum absolute atomic E-state index is 12.1. The van der Waals surface area contributed by atoms with Crippen LogP contribution in [0.5, 0.6) is 0 Å². The molecule has 1 aliphatic heterocycles. The Morgan fingerprint density at radius 2 is 1.94 bits per heavy atom. The van der Waals surface area contributed by atoms with E-state index in [4.69, 9.17) is 0 Å². The topological polar surface area (TPSA) is 20.3 Å². The van der Waals surface area contributed by atoms with Gasteiger partial charge in [-0.25, -0.2) is 0 Å². The highest BCUT2D eigenvalue weighted by Crippen LogP contribution is 2.34. The molecule has 0 saturated heterocycles. The van der Waals surface area contributed by atoms with E-state index in [-0.39, 0.29) is 11.3 Å². The molecule has 2 rings (SSSR count). The molecule has 17 heavy (non-hydrogen) atoms. The Kier molecular flexibility index (Phi) is 2.76. The summed E-state index contributed by atoms with van der Waals surface area (Å²) < 4.78 is 0. The maximum Gasteiger partial charge on any atom is 0.253 e. The van der Waals surface area contributed by atoms with Crippen molar-refractivity contribution in [3.05, 3.63) is 34.9 Å². The van der Waals surface area contributed by atoms with Crippen LogP contribution in [0.25, 0.3) is 0 Å². The number of benzene rings is 1. The van der Waals surface area contributed by atoms with Crippen molar-refractivity contribution in [3.63, 3.8) is 0 Å². The lowest BCUT2D eigenvalue weighted by Crippen LogP contribution is -2.44. The lowest BCUT2D eigenvalue weighted by Gasteiger charge is -2.38. The van der Waals surface area contributed by atoms with E-state index in [0.717, 1.165) is 12.1 Å². The minimum absolute atomic E-state index is 0.0445. The molecule has 92 valence electrons. The number of nitrogens with zero attached hydrogens (tertiary/aromatic N) is 1. The molecule has 0 saturated carbocycles. The highest BCUT2D eigenvalue weighted by molar-refractivity contribution is 5.97. The zero-order valence-corrected chi connectivity index (χ0v) is 11.4. The van der Waals surface area contributed by atoms with E-state index in [1.165, 1.54) is 11.1 Å². The largest absolute Gasteiger partial charge is 0.341 e. The van der Waals surface area contributed by atoms with Crippen LogP contribution in [0.15, 0.2) is 18.2 Å². The second kappa shape index (κ2) is 3.86. The first-order chi connectivity index (χ1) is 7.83. The van der Waals surface area contributed by atoms with E-state index >= 15 is 0 Å². The van der Waals surface area contributed by atoms with Crippen LogP contribution in [-0.2, 0) is 5.41 Å². The maximum atomic E-state index is 12.1. The van der Waals surface area contributed by atoms with E-state index in [9.17, 15) is 4.79 Å². The van der Waals surface area contributed by atoms with Crippen molar-refractivity contribution in [2.24, 2.45) is 0 Å². The minimum atomic E-state index is 0.0445. The van der Waals surface area contributed by atoms with Gasteiger partial charge in [-0.2, -0.15) is 0 Å². The van der Waals surface area contributed by atoms with E-state index in [1.54, 1.807) is 0 Å². The van der Waals surface area contributed by atoms with Crippen LogP contribution in [0.1, 0.15) is 55.1 Å². The van der Waals surface area contributed by atoms with Crippen molar-refractivity contribution < 1.29 is 4.79 Å². The predicted molar refractivity (Wildman–Crippen MR) is 70.5 cm³/mol. The second-order valence-electron chi connectivity index (χ2n) is 6.00. The summed E-state index contributed by atoms with van der Waals surface area (Å²) in [5.41, 5.74) is 3.43. The van der Waals surface area contributed by atoms with Gasteiger partial charge in [0, 0.05) is 24.6 Å². The van der Waals surface area contributed by atoms with Gasteiger partial charge in [-0.1, -0.05) is 39.8 Å². The van der Waals surface area contributed by atoms with Gasteiger partial charge >= 0.3 is 0 Å². The Morgan fingerprint density at radius 3 is 2.53 bits per heavy atom. The summed E-state index contributed by atoms with van der Waals surface area (Å²) >= 11 is 0. The van der Waals surface area contributed by atoms with Crippen LogP contribution in [0.2, 0.25) is 0 Å². The van der Waals surface area contributed by atoms with Crippen molar-refractivity contribution in [1.82, 2.24) is 4.90 Å². The Hall–Kier alpha value is -1.31. The third kappa shape index (κ3) is 1.97. The number of amides is 1. The fourth-order valence-corrected chi connectivity index (χ4v) is 2.62. The highest BCUT2D eigenvalue weighted by Gasteiger charge is 2.34. The van der Waals surface area contributed by atoms with Gasteiger partial charge in [0.05, 0.1) is 0 Å². The van der Waals surface area contributed by atoms with Crippen molar-refractivity contribution in [1.29, 1.82) is 0 Å². The van der Waals surface area contributed by atoms with E-state index in [0.29, 0.717) is 5.92 Å². The van der Waals surface area contributed by atoms with Crippen molar-refractivity contribution in [2.75, 3.05) is 13.6 Å². The molecule has 0 bridgehead atoms. The summed E-state index contributed by atoms with van der Waals surface area (Å²) in [5.74, 6) is 0.653. The van der Waals surface area contributed by atoms with Crippen LogP contribution >= 0.6 is 0 Å². The molecule has 0 N–H and O–H groups in total. The Labute approximate surface area is 104 Å². The number of likely N-dealkylation sites (N-methyl/N-ethyl adjacent to an activating group) is 1. The molecule has 0 fully saturated rings. The number of fused-ring (bicyclic) bond motifs is 1. The molecule has 2 nitrogen and oxygen atoms in total. The van der Waals surface area contributed by atoms with Gasteiger partial charge in [0.25, 0.3) is 5.91 Å². The Bertz CT molecular complexity index is 460. The number of rotatable bonds is 1. The fraction of sp³-hybridized carbons (Fsp3) is 0.533. The molecular weight excluding hydrogens is 210 g/mol. The van der Waals surface area contributed by atoms with Crippen molar-refractivity contribution >= 4 is 5.91 Å². The van der Waals surface area contributed by atoms with Gasteiger partial charge in [0.15, 0.2) is 0 Å². The summed E-state index contributed by atoms with van der Waals surface area (Å²) in [6.07, 6.45) is 0. The lowest BCUT2D eigenvalue weighted by atomic mass is 9.77. The van der Waals surface area contributed by atoms with Crippen LogP contribution in [0, 0.1) is 0 Å². The Balaban J connectivity index is 2.59. The number of carbonyl (C=O) groups excluding carboxylic acids is 1. The summed E-state index contributed by atoms with van der Waals surface area (Å²) in [6, 6.07) is 6.28. The van der Waals surface area contributed by atoms with Crippen LogP contribution in [-0.4, -0.2) is 24.4 Å². The average Bonchev–Trinajstić information content (AvgIpc) is 2.25. The molecule has 0 aliphatic carbocycles. The zero-order valence-electron chi connectivity index (χ0n) is 11.4. The van der Waals surface area contributed by atoms with Gasteiger partial charge in [0.1, 0.15) is 0 Å². The molecule has 0 spiro atoms. The van der Waals surface area contributed by atoms with E-state index in [2.05, 4.69) is 39.8 Å². The van der Waals surface area contributed by atoms with Crippen molar-refractivity contribution in [3.8, 4) is 0 Å². The van der Waals surface area contributed by atoms with Crippen LogP contribution in [0.3, 0.4) is 0 Å². The SMILES string of the molecule is CC(C)c1ccc2c(c1)C(C)(C)CN(C)C2=O. The van der Waals surface area contributed by atoms with Gasteiger partial charge in [0.2, 0.25) is 0 Å². The first-order valence-corrected chi connectivity index (χ1v) is 6.23. The summed E-state index contributed by atoms with van der Waals surface area (Å²) in [4.78, 5) is 13.9. The zero-order chi connectivity index (χ0) is 12.8. The van der Waals surface area contributed by atoms with E-state index in [1.807, 2.05) is 18.0 Å². The smallest absolute Gasteiger partial charge is 0.253 e. The van der Waals surface area contributed by atoms with E-state index < -0.39 is 0 Å². The third-order valence-electron chi connectivity index (χ3n) is 3.65. The monoisotopic (exact) mass is 231 g/mol. The highest BCUT2D eigenvalue weighted by atomic mass is 16.2. The van der Waals surface area contributed by atoms with Gasteiger partial charge in [-0.3, -0.25) is 4.79 Å². The summed E-state index contributed by atoms with van der Waals surface area (Å²) in [6.45, 7) is 9.58. The van der Waals surface area contributed by atoms with Crippen LogP contribution in [0.4, 0.5) is 0 Å². The fourth-order valence-electron chi connectivity index (χ4n) is 2.62. The number of hydrogen-bond acceptors (Lipinski definition) is 1. The Morgan fingerprint density at radius 1 is 1.29 bits per heavy atom. The summed E-state index contributed by atoms with van der Waals surface area (Å²) in [5, 5.41) is 0. The molecule has 1 heterocycles. The van der Waals surface area contributed by atoms with Gasteiger partial charge < -0.3 is 4.90 Å². The molecular formula is C15H21NO. The predicted octanol–water partition coefficient (Wildman–Crippen LogP) is 3.17. The first-order valence-electron chi connectivity index (χ1n) is 6.23. The molecule has 0 radical (unpaired) electrons. The average molecular weight is 231 g/mol. The van der Waals surface area contributed by atoms with Crippen molar-refractivity contribution in [2.45, 2.75) is 39.0 Å².